The lowest BCUT2D eigenvalue weighted by atomic mass is 10.2. The van der Waals surface area contributed by atoms with E-state index in [9.17, 15) is 9.18 Å². The molecule has 0 saturated heterocycles. The number of carbonyl (C=O) groups excluding carboxylic acids is 1. The largest absolute Gasteiger partial charge is 0.382 e. The molecule has 120 valence electrons. The Bertz CT molecular complexity index is 697. The van der Waals surface area contributed by atoms with Crippen molar-refractivity contribution in [3.05, 3.63) is 52.0 Å². The number of carbonyl (C=O) groups is 1. The predicted octanol–water partition coefficient (Wildman–Crippen LogP) is 3.23. The number of nitrogens with zero attached hydrogens (tertiary/aromatic N) is 1. The molecule has 0 aliphatic carbocycles. The summed E-state index contributed by atoms with van der Waals surface area (Å²) in [6.07, 6.45) is 0. The fraction of sp³-hybridized carbons (Fsp3) is 0.250. The molecule has 0 spiro atoms. The summed E-state index contributed by atoms with van der Waals surface area (Å²) in [6.45, 7) is 2.65. The quantitative estimate of drug-likeness (QED) is 0.711. The van der Waals surface area contributed by atoms with Crippen LogP contribution in [0.5, 0.6) is 0 Å². The molecule has 0 fully saturated rings. The van der Waals surface area contributed by atoms with E-state index in [0.717, 1.165) is 4.88 Å². The lowest BCUT2D eigenvalue weighted by Crippen LogP contribution is -2.39. The Morgan fingerprint density at radius 2 is 2.17 bits per heavy atom. The van der Waals surface area contributed by atoms with Crippen molar-refractivity contribution in [3.8, 4) is 6.07 Å². The van der Waals surface area contributed by atoms with Crippen LogP contribution < -0.4 is 16.0 Å². The van der Waals surface area contributed by atoms with Gasteiger partial charge in [-0.2, -0.15) is 5.26 Å². The molecule has 0 bridgehead atoms. The van der Waals surface area contributed by atoms with Crippen molar-refractivity contribution in [3.63, 3.8) is 0 Å². The summed E-state index contributed by atoms with van der Waals surface area (Å²) >= 11 is 1.58. The molecule has 7 heteroatoms. The first kappa shape index (κ1) is 16.8. The normalized spacial score (nSPS) is 11.3. The lowest BCUT2D eigenvalue weighted by molar-refractivity contribution is 0.238. The highest BCUT2D eigenvalue weighted by Crippen LogP contribution is 2.18. The second-order valence-electron chi connectivity index (χ2n) is 4.84. The number of nitriles is 1. The zero-order valence-electron chi connectivity index (χ0n) is 12.6. The number of hydrogen-bond donors (Lipinski definition) is 3. The molecule has 5 nitrogen and oxygen atoms in total. The molecular weight excluding hydrogens is 315 g/mol. The van der Waals surface area contributed by atoms with Crippen molar-refractivity contribution >= 4 is 23.1 Å². The van der Waals surface area contributed by atoms with Crippen LogP contribution in [0.1, 0.15) is 23.4 Å². The SMILES string of the molecule is C[C@H](NC(=O)NCCNc1cccc(F)c1C#N)c1cccs1. The summed E-state index contributed by atoms with van der Waals surface area (Å²) in [7, 11) is 0. The van der Waals surface area contributed by atoms with Crippen LogP contribution in [0.2, 0.25) is 0 Å². The molecule has 2 amide bonds. The van der Waals surface area contributed by atoms with Crippen molar-refractivity contribution in [2.75, 3.05) is 18.4 Å². The Kier molecular flexibility index (Phi) is 5.94. The average molecular weight is 332 g/mol. The van der Waals surface area contributed by atoms with Gasteiger partial charge in [0.15, 0.2) is 0 Å². The molecule has 1 heterocycles. The topological polar surface area (TPSA) is 77.0 Å². The van der Waals surface area contributed by atoms with Gasteiger partial charge in [-0.05, 0) is 30.5 Å². The molecule has 23 heavy (non-hydrogen) atoms. The number of amides is 2. The number of anilines is 1. The van der Waals surface area contributed by atoms with Gasteiger partial charge in [0.2, 0.25) is 0 Å². The summed E-state index contributed by atoms with van der Waals surface area (Å²) in [6, 6.07) is 9.78. The van der Waals surface area contributed by atoms with Crippen LogP contribution in [-0.4, -0.2) is 19.1 Å². The molecule has 2 rings (SSSR count). The smallest absolute Gasteiger partial charge is 0.315 e. The van der Waals surface area contributed by atoms with Gasteiger partial charge in [-0.25, -0.2) is 9.18 Å². The minimum absolute atomic E-state index is 0.0248. The minimum atomic E-state index is -0.562. The molecular formula is C16H17FN4OS. The van der Waals surface area contributed by atoms with Crippen LogP contribution in [0.3, 0.4) is 0 Å². The first-order chi connectivity index (χ1) is 11.1. The Morgan fingerprint density at radius 1 is 1.35 bits per heavy atom. The fourth-order valence-corrected chi connectivity index (χ4v) is 2.75. The molecule has 0 aliphatic rings. The minimum Gasteiger partial charge on any atom is -0.382 e. The number of nitrogens with one attached hydrogen (secondary N) is 3. The van der Waals surface area contributed by atoms with Gasteiger partial charge in [0.05, 0.1) is 11.7 Å². The molecule has 1 aromatic heterocycles. The molecule has 1 aromatic carbocycles. The number of urea groups is 1. The van der Waals surface area contributed by atoms with E-state index in [-0.39, 0.29) is 17.6 Å². The van der Waals surface area contributed by atoms with Crippen molar-refractivity contribution in [2.45, 2.75) is 13.0 Å². The highest BCUT2D eigenvalue weighted by Gasteiger charge is 2.10. The summed E-state index contributed by atoms with van der Waals surface area (Å²) in [4.78, 5) is 12.9. The maximum atomic E-state index is 13.4. The monoisotopic (exact) mass is 332 g/mol. The number of thiophene rings is 1. The van der Waals surface area contributed by atoms with Gasteiger partial charge >= 0.3 is 6.03 Å². The van der Waals surface area contributed by atoms with Crippen molar-refractivity contribution < 1.29 is 9.18 Å². The molecule has 2 aromatic rings. The number of benzene rings is 1. The Labute approximate surface area is 138 Å². The van der Waals surface area contributed by atoms with E-state index in [1.54, 1.807) is 17.4 Å². The van der Waals surface area contributed by atoms with Crippen molar-refractivity contribution in [1.82, 2.24) is 10.6 Å². The second-order valence-corrected chi connectivity index (χ2v) is 5.82. The number of rotatable bonds is 6. The van der Waals surface area contributed by atoms with Crippen LogP contribution in [-0.2, 0) is 0 Å². The van der Waals surface area contributed by atoms with Crippen molar-refractivity contribution in [2.24, 2.45) is 0 Å². The van der Waals surface area contributed by atoms with Crippen LogP contribution in [0.4, 0.5) is 14.9 Å². The first-order valence-electron chi connectivity index (χ1n) is 7.12. The van der Waals surface area contributed by atoms with E-state index in [4.69, 9.17) is 5.26 Å². The van der Waals surface area contributed by atoms with Crippen LogP contribution in [0.25, 0.3) is 0 Å². The average Bonchev–Trinajstić information content (AvgIpc) is 3.06. The predicted molar refractivity (Wildman–Crippen MR) is 88.9 cm³/mol. The summed E-state index contributed by atoms with van der Waals surface area (Å²) < 4.78 is 13.4. The third kappa shape index (κ3) is 4.69. The molecule has 0 aliphatic heterocycles. The van der Waals surface area contributed by atoms with Gasteiger partial charge in [-0.3, -0.25) is 0 Å². The van der Waals surface area contributed by atoms with Crippen LogP contribution in [0.15, 0.2) is 35.7 Å². The second kappa shape index (κ2) is 8.15. The maximum Gasteiger partial charge on any atom is 0.315 e. The van der Waals surface area contributed by atoms with E-state index in [0.29, 0.717) is 18.8 Å². The molecule has 0 unspecified atom stereocenters. The molecule has 3 N–H and O–H groups in total. The van der Waals surface area contributed by atoms with Gasteiger partial charge in [-0.15, -0.1) is 11.3 Å². The van der Waals surface area contributed by atoms with E-state index in [1.807, 2.05) is 30.5 Å². The lowest BCUT2D eigenvalue weighted by Gasteiger charge is -2.14. The van der Waals surface area contributed by atoms with E-state index >= 15 is 0 Å². The van der Waals surface area contributed by atoms with E-state index in [2.05, 4.69) is 16.0 Å². The fourth-order valence-electron chi connectivity index (χ4n) is 2.01. The Hall–Kier alpha value is -2.59. The zero-order chi connectivity index (χ0) is 16.7. The molecule has 1 atom stereocenters. The van der Waals surface area contributed by atoms with E-state index < -0.39 is 5.82 Å². The highest BCUT2D eigenvalue weighted by molar-refractivity contribution is 7.10. The van der Waals surface area contributed by atoms with Gasteiger partial charge in [0, 0.05) is 18.0 Å². The summed E-state index contributed by atoms with van der Waals surface area (Å²) in [5.41, 5.74) is 0.393. The van der Waals surface area contributed by atoms with Gasteiger partial charge < -0.3 is 16.0 Å². The number of hydrogen-bond acceptors (Lipinski definition) is 4. The zero-order valence-corrected chi connectivity index (χ0v) is 13.4. The highest BCUT2D eigenvalue weighted by atomic mass is 32.1. The van der Waals surface area contributed by atoms with E-state index in [1.165, 1.54) is 12.1 Å². The number of halogens is 1. The van der Waals surface area contributed by atoms with Gasteiger partial charge in [0.1, 0.15) is 17.4 Å². The van der Waals surface area contributed by atoms with Crippen LogP contribution >= 0.6 is 11.3 Å². The van der Waals surface area contributed by atoms with Crippen LogP contribution in [0, 0.1) is 17.1 Å². The maximum absolute atomic E-state index is 13.4. The molecule has 0 saturated carbocycles. The molecule has 0 radical (unpaired) electrons. The third-order valence-corrected chi connectivity index (χ3v) is 4.22. The Morgan fingerprint density at radius 3 is 2.87 bits per heavy atom. The Balaban J connectivity index is 1.74. The van der Waals surface area contributed by atoms with Crippen molar-refractivity contribution in [1.29, 1.82) is 5.26 Å². The van der Waals surface area contributed by atoms with Gasteiger partial charge in [-0.1, -0.05) is 12.1 Å². The summed E-state index contributed by atoms with van der Waals surface area (Å²) in [5, 5.41) is 19.4. The van der Waals surface area contributed by atoms with Gasteiger partial charge in [0.25, 0.3) is 0 Å². The standard InChI is InChI=1S/C16H17FN4OS/c1-11(15-6-3-9-23-15)21-16(22)20-8-7-19-14-5-2-4-13(17)12(14)10-18/h2-6,9,11,19H,7-8H2,1H3,(H2,20,21,22)/t11-/m0/s1. The third-order valence-electron chi connectivity index (χ3n) is 3.17. The first-order valence-corrected chi connectivity index (χ1v) is 8.00. The summed E-state index contributed by atoms with van der Waals surface area (Å²) in [5.74, 6) is -0.562.